The molecule has 0 saturated heterocycles. The highest BCUT2D eigenvalue weighted by molar-refractivity contribution is 14.0. The van der Waals surface area contributed by atoms with E-state index >= 15 is 0 Å². The lowest BCUT2D eigenvalue weighted by Crippen LogP contribution is -2.45. The summed E-state index contributed by atoms with van der Waals surface area (Å²) in [7, 11) is 3.19. The standard InChI is InChI=1S/C16H25FN4O3.HI/c1-12(24-14-6-4-13(17)5-7-14)10-20-16(18-2)21-11-15(22)19-8-9-23-3;/h4-7,12H,8-11H2,1-3H3,(H,19,22)(H2,18,20,21);1H. The first-order valence-electron chi connectivity index (χ1n) is 7.67. The molecule has 1 unspecified atom stereocenters. The van der Waals surface area contributed by atoms with Gasteiger partial charge in [0, 0.05) is 20.7 Å². The molecule has 0 aliphatic heterocycles. The fraction of sp³-hybridized carbons (Fsp3) is 0.500. The van der Waals surface area contributed by atoms with E-state index < -0.39 is 0 Å². The summed E-state index contributed by atoms with van der Waals surface area (Å²) < 4.78 is 23.3. The van der Waals surface area contributed by atoms with Gasteiger partial charge in [-0.25, -0.2) is 4.39 Å². The molecular weight excluding hydrogens is 442 g/mol. The summed E-state index contributed by atoms with van der Waals surface area (Å²) in [6.07, 6.45) is -0.162. The van der Waals surface area contributed by atoms with E-state index in [9.17, 15) is 9.18 Å². The average molecular weight is 468 g/mol. The van der Waals surface area contributed by atoms with Crippen LogP contribution in [-0.4, -0.2) is 58.4 Å². The van der Waals surface area contributed by atoms with Crippen molar-refractivity contribution in [3.05, 3.63) is 30.1 Å². The van der Waals surface area contributed by atoms with E-state index in [0.717, 1.165) is 0 Å². The molecular formula is C16H26FIN4O3. The maximum absolute atomic E-state index is 12.8. The Morgan fingerprint density at radius 1 is 1.24 bits per heavy atom. The van der Waals surface area contributed by atoms with Crippen molar-refractivity contribution in [2.24, 2.45) is 4.99 Å². The maximum Gasteiger partial charge on any atom is 0.239 e. The van der Waals surface area contributed by atoms with Crippen molar-refractivity contribution in [1.82, 2.24) is 16.0 Å². The van der Waals surface area contributed by atoms with Crippen LogP contribution < -0.4 is 20.7 Å². The second-order valence-corrected chi connectivity index (χ2v) is 5.03. The molecule has 1 aromatic carbocycles. The summed E-state index contributed by atoms with van der Waals surface area (Å²) in [5.41, 5.74) is 0. The largest absolute Gasteiger partial charge is 0.489 e. The highest BCUT2D eigenvalue weighted by Gasteiger charge is 2.07. The molecule has 1 aromatic rings. The molecule has 0 spiro atoms. The molecule has 0 aliphatic rings. The van der Waals surface area contributed by atoms with E-state index in [1.807, 2.05) is 6.92 Å². The Kier molecular flexibility index (Phi) is 12.8. The predicted octanol–water partition coefficient (Wildman–Crippen LogP) is 1.14. The number of halogens is 2. The van der Waals surface area contributed by atoms with Crippen molar-refractivity contribution in [3.8, 4) is 5.75 Å². The second kappa shape index (κ2) is 13.6. The molecule has 0 heterocycles. The number of nitrogens with zero attached hydrogens (tertiary/aromatic N) is 1. The van der Waals surface area contributed by atoms with Gasteiger partial charge < -0.3 is 25.4 Å². The summed E-state index contributed by atoms with van der Waals surface area (Å²) >= 11 is 0. The van der Waals surface area contributed by atoms with E-state index in [0.29, 0.717) is 31.4 Å². The van der Waals surface area contributed by atoms with Crippen LogP contribution in [0.3, 0.4) is 0 Å². The van der Waals surface area contributed by atoms with Gasteiger partial charge in [0.1, 0.15) is 17.7 Å². The van der Waals surface area contributed by atoms with Crippen LogP contribution in [0.5, 0.6) is 5.75 Å². The summed E-state index contributed by atoms with van der Waals surface area (Å²) in [5.74, 6) is 0.629. The number of guanidine groups is 1. The molecule has 0 fully saturated rings. The van der Waals surface area contributed by atoms with Crippen LogP contribution in [0.4, 0.5) is 4.39 Å². The number of rotatable bonds is 9. The van der Waals surface area contributed by atoms with Crippen LogP contribution >= 0.6 is 24.0 Å². The minimum atomic E-state index is -0.304. The fourth-order valence-corrected chi connectivity index (χ4v) is 1.77. The van der Waals surface area contributed by atoms with Gasteiger partial charge in [0.25, 0.3) is 0 Å². The number of methoxy groups -OCH3 is 1. The average Bonchev–Trinajstić information content (AvgIpc) is 2.57. The van der Waals surface area contributed by atoms with Gasteiger partial charge in [0.15, 0.2) is 5.96 Å². The van der Waals surface area contributed by atoms with Crippen LogP contribution in [-0.2, 0) is 9.53 Å². The minimum absolute atomic E-state index is 0. The number of hydrogen-bond acceptors (Lipinski definition) is 4. The Balaban J connectivity index is 0.00000576. The van der Waals surface area contributed by atoms with Crippen molar-refractivity contribution in [1.29, 1.82) is 0 Å². The zero-order valence-corrected chi connectivity index (χ0v) is 17.0. The number of benzene rings is 1. The number of nitrogens with one attached hydrogen (secondary N) is 3. The normalized spacial score (nSPS) is 11.9. The van der Waals surface area contributed by atoms with E-state index in [2.05, 4.69) is 20.9 Å². The third-order valence-electron chi connectivity index (χ3n) is 2.98. The predicted molar refractivity (Wildman–Crippen MR) is 106 cm³/mol. The molecule has 7 nitrogen and oxygen atoms in total. The van der Waals surface area contributed by atoms with Crippen LogP contribution in [0.15, 0.2) is 29.3 Å². The first-order chi connectivity index (χ1) is 11.5. The van der Waals surface area contributed by atoms with Gasteiger partial charge in [0.05, 0.1) is 19.7 Å². The Morgan fingerprint density at radius 3 is 2.52 bits per heavy atom. The minimum Gasteiger partial charge on any atom is -0.489 e. The van der Waals surface area contributed by atoms with E-state index in [1.54, 1.807) is 26.3 Å². The molecule has 1 rings (SSSR count). The highest BCUT2D eigenvalue weighted by Crippen LogP contribution is 2.12. The van der Waals surface area contributed by atoms with Crippen molar-refractivity contribution in [2.45, 2.75) is 13.0 Å². The third kappa shape index (κ3) is 10.8. The van der Waals surface area contributed by atoms with E-state index in [-0.39, 0.29) is 48.3 Å². The van der Waals surface area contributed by atoms with Gasteiger partial charge in [-0.05, 0) is 31.2 Å². The Bertz CT molecular complexity index is 529. The molecule has 9 heteroatoms. The van der Waals surface area contributed by atoms with Gasteiger partial charge in [-0.2, -0.15) is 0 Å². The maximum atomic E-state index is 12.8. The van der Waals surface area contributed by atoms with Gasteiger partial charge >= 0.3 is 0 Å². The summed E-state index contributed by atoms with van der Waals surface area (Å²) in [6.45, 7) is 3.39. The summed E-state index contributed by atoms with van der Waals surface area (Å²) in [6, 6.07) is 5.84. The third-order valence-corrected chi connectivity index (χ3v) is 2.98. The van der Waals surface area contributed by atoms with Gasteiger partial charge in [-0.3, -0.25) is 9.79 Å². The zero-order valence-electron chi connectivity index (χ0n) is 14.7. The van der Waals surface area contributed by atoms with Crippen molar-refractivity contribution < 1.29 is 18.7 Å². The van der Waals surface area contributed by atoms with Crippen LogP contribution in [0.1, 0.15) is 6.92 Å². The molecule has 3 N–H and O–H groups in total. The molecule has 0 bridgehead atoms. The Labute approximate surface area is 164 Å². The van der Waals surface area contributed by atoms with E-state index in [1.165, 1.54) is 12.1 Å². The first-order valence-corrected chi connectivity index (χ1v) is 7.67. The first kappa shape index (κ1) is 23.4. The quantitative estimate of drug-likeness (QED) is 0.219. The number of hydrogen-bond donors (Lipinski definition) is 3. The Hall–Kier alpha value is -1.62. The monoisotopic (exact) mass is 468 g/mol. The SMILES string of the molecule is CN=C(NCC(=O)NCCOC)NCC(C)Oc1ccc(F)cc1.I. The topological polar surface area (TPSA) is 84.0 Å². The number of carbonyl (C=O) groups is 1. The number of carbonyl (C=O) groups excluding carboxylic acids is 1. The molecule has 142 valence electrons. The number of ether oxygens (including phenoxy) is 2. The lowest BCUT2D eigenvalue weighted by molar-refractivity contribution is -0.120. The van der Waals surface area contributed by atoms with Crippen LogP contribution in [0.25, 0.3) is 0 Å². The Morgan fingerprint density at radius 2 is 1.92 bits per heavy atom. The highest BCUT2D eigenvalue weighted by atomic mass is 127. The number of aliphatic imine (C=N–C) groups is 1. The fourth-order valence-electron chi connectivity index (χ4n) is 1.77. The molecule has 0 radical (unpaired) electrons. The summed E-state index contributed by atoms with van der Waals surface area (Å²) in [4.78, 5) is 15.6. The molecule has 1 amide bonds. The van der Waals surface area contributed by atoms with Crippen molar-refractivity contribution in [2.75, 3.05) is 40.4 Å². The molecule has 0 aromatic heterocycles. The second-order valence-electron chi connectivity index (χ2n) is 5.03. The number of amides is 1. The molecule has 1 atom stereocenters. The van der Waals surface area contributed by atoms with Crippen molar-refractivity contribution in [3.63, 3.8) is 0 Å². The van der Waals surface area contributed by atoms with Crippen LogP contribution in [0, 0.1) is 5.82 Å². The zero-order chi connectivity index (χ0) is 17.8. The van der Waals surface area contributed by atoms with Crippen LogP contribution in [0.2, 0.25) is 0 Å². The summed E-state index contributed by atoms with van der Waals surface area (Å²) in [5, 5.41) is 8.66. The lowest BCUT2D eigenvalue weighted by atomic mass is 10.3. The molecule has 0 aliphatic carbocycles. The van der Waals surface area contributed by atoms with Gasteiger partial charge in [0.2, 0.25) is 5.91 Å². The molecule has 25 heavy (non-hydrogen) atoms. The molecule has 0 saturated carbocycles. The van der Waals surface area contributed by atoms with Gasteiger partial charge in [-0.1, -0.05) is 0 Å². The van der Waals surface area contributed by atoms with Gasteiger partial charge in [-0.15, -0.1) is 24.0 Å². The van der Waals surface area contributed by atoms with Crippen molar-refractivity contribution >= 4 is 35.8 Å². The smallest absolute Gasteiger partial charge is 0.239 e. The lowest BCUT2D eigenvalue weighted by Gasteiger charge is -2.17. The van der Waals surface area contributed by atoms with E-state index in [4.69, 9.17) is 9.47 Å².